The fraction of sp³-hybridized carbons (Fsp3) is 0.455. The molecule has 3 heteroatoms. The lowest BCUT2D eigenvalue weighted by atomic mass is 9.96. The Balaban J connectivity index is 2.72. The van der Waals surface area contributed by atoms with E-state index < -0.39 is 0 Å². The molecule has 0 spiro atoms. The Morgan fingerprint density at radius 1 is 1.21 bits per heavy atom. The summed E-state index contributed by atoms with van der Waals surface area (Å²) in [5, 5.41) is 0. The van der Waals surface area contributed by atoms with Crippen LogP contribution in [-0.4, -0.2) is 16.0 Å². The van der Waals surface area contributed by atoms with E-state index in [0.29, 0.717) is 5.92 Å². The monoisotopic (exact) mass is 183 g/mol. The molecule has 1 aromatic rings. The lowest BCUT2D eigenvalue weighted by Crippen LogP contribution is -2.13. The minimum Gasteiger partial charge on any atom is -0.479 e. The summed E-state index contributed by atoms with van der Waals surface area (Å²) in [6.07, 6.45) is 2.43. The second-order valence-electron chi connectivity index (χ2n) is 3.69. The third-order valence-electron chi connectivity index (χ3n) is 2.48. The van der Waals surface area contributed by atoms with E-state index in [1.165, 1.54) is 18.4 Å². The molecule has 1 unspecified atom stereocenters. The minimum atomic E-state index is 0.609. The summed E-state index contributed by atoms with van der Waals surface area (Å²) in [6.45, 7) is 4.44. The van der Waals surface area contributed by atoms with Crippen molar-refractivity contribution in [3.8, 4) is 0 Å². The molecule has 0 saturated heterocycles. The lowest BCUT2D eigenvalue weighted by molar-refractivity contribution is 0.665. The van der Waals surface area contributed by atoms with E-state index in [4.69, 9.17) is 16.0 Å². The summed E-state index contributed by atoms with van der Waals surface area (Å²) in [6, 6.07) is 8.06. The average molecular weight is 183 g/mol. The van der Waals surface area contributed by atoms with Crippen LogP contribution in [0.4, 0.5) is 5.69 Å². The summed E-state index contributed by atoms with van der Waals surface area (Å²) >= 11 is 0. The first-order valence-electron chi connectivity index (χ1n) is 5.04. The smallest absolute Gasteiger partial charge is 0.209 e. The third-order valence-corrected chi connectivity index (χ3v) is 2.48. The van der Waals surface area contributed by atoms with E-state index in [0.717, 1.165) is 10.4 Å². The van der Waals surface area contributed by atoms with Crippen molar-refractivity contribution in [2.75, 3.05) is 4.72 Å². The van der Waals surface area contributed by atoms with Crippen LogP contribution < -0.4 is 4.72 Å². The van der Waals surface area contributed by atoms with E-state index in [-0.39, 0.29) is 0 Å². The Morgan fingerprint density at radius 3 is 2.21 bits per heavy atom. The van der Waals surface area contributed by atoms with E-state index in [9.17, 15) is 0 Å². The first-order chi connectivity index (χ1) is 6.65. The molecule has 0 aromatic heterocycles. The van der Waals surface area contributed by atoms with Gasteiger partial charge in [0.15, 0.2) is 0 Å². The molecule has 0 aliphatic rings. The fourth-order valence-electron chi connectivity index (χ4n) is 1.57. The van der Waals surface area contributed by atoms with Crippen LogP contribution in [0.2, 0.25) is 0 Å². The van der Waals surface area contributed by atoms with Crippen molar-refractivity contribution in [2.24, 2.45) is 0 Å². The molecule has 1 aromatic carbocycles. The SMILES string of the molecule is [B]N([B])c1ccc(C(C)CCC)cc1. The van der Waals surface area contributed by atoms with E-state index in [1.807, 2.05) is 12.1 Å². The highest BCUT2D eigenvalue weighted by Gasteiger charge is 2.03. The maximum absolute atomic E-state index is 5.41. The van der Waals surface area contributed by atoms with Crippen LogP contribution in [0.1, 0.15) is 38.2 Å². The molecule has 0 bridgehead atoms. The largest absolute Gasteiger partial charge is 0.479 e. The molecule has 1 atom stereocenters. The van der Waals surface area contributed by atoms with Crippen LogP contribution in [0.25, 0.3) is 0 Å². The average Bonchev–Trinajstić information content (AvgIpc) is 2.18. The van der Waals surface area contributed by atoms with Gasteiger partial charge in [-0.3, -0.25) is 0 Å². The second-order valence-corrected chi connectivity index (χ2v) is 3.69. The summed E-state index contributed by atoms with van der Waals surface area (Å²) in [4.78, 5) is 0. The lowest BCUT2D eigenvalue weighted by Gasteiger charge is -2.16. The molecule has 0 fully saturated rings. The van der Waals surface area contributed by atoms with E-state index >= 15 is 0 Å². The summed E-state index contributed by atoms with van der Waals surface area (Å²) in [7, 11) is 10.8. The first-order valence-corrected chi connectivity index (χ1v) is 5.04. The molecule has 70 valence electrons. The normalized spacial score (nSPS) is 12.4. The molecule has 0 aliphatic heterocycles. The van der Waals surface area contributed by atoms with Crippen molar-refractivity contribution in [1.82, 2.24) is 0 Å². The molecular formula is C11H15B2N. The molecular weight excluding hydrogens is 168 g/mol. The molecule has 1 rings (SSSR count). The van der Waals surface area contributed by atoms with Gasteiger partial charge in [-0.05, 0) is 30.0 Å². The van der Waals surface area contributed by atoms with Crippen LogP contribution in [0.5, 0.6) is 0 Å². The molecule has 0 saturated carbocycles. The molecule has 14 heavy (non-hydrogen) atoms. The number of nitrogens with zero attached hydrogens (tertiary/aromatic N) is 1. The number of hydrogen-bond acceptors (Lipinski definition) is 1. The van der Waals surface area contributed by atoms with Crippen molar-refractivity contribution < 1.29 is 0 Å². The van der Waals surface area contributed by atoms with Crippen LogP contribution in [0.3, 0.4) is 0 Å². The Hall–Kier alpha value is -0.850. The van der Waals surface area contributed by atoms with Gasteiger partial charge in [0, 0.05) is 5.69 Å². The van der Waals surface area contributed by atoms with E-state index in [1.54, 1.807) is 0 Å². The van der Waals surface area contributed by atoms with Gasteiger partial charge in [-0.15, -0.1) is 0 Å². The maximum Gasteiger partial charge on any atom is 0.209 e. The second kappa shape index (κ2) is 5.14. The van der Waals surface area contributed by atoms with Crippen molar-refractivity contribution in [3.63, 3.8) is 0 Å². The highest BCUT2D eigenvalue weighted by Crippen LogP contribution is 2.22. The van der Waals surface area contributed by atoms with Crippen LogP contribution in [-0.2, 0) is 0 Å². The number of hydrogen-bond donors (Lipinski definition) is 0. The predicted octanol–water partition coefficient (Wildman–Crippen LogP) is 2.56. The van der Waals surface area contributed by atoms with Gasteiger partial charge in [0.2, 0.25) is 16.0 Å². The third kappa shape index (κ3) is 2.83. The molecule has 0 heterocycles. The Bertz CT molecular complexity index is 269. The molecule has 0 amide bonds. The van der Waals surface area contributed by atoms with Crippen LogP contribution in [0.15, 0.2) is 24.3 Å². The maximum atomic E-state index is 5.41. The fourth-order valence-corrected chi connectivity index (χ4v) is 1.57. The van der Waals surface area contributed by atoms with Gasteiger partial charge in [0.25, 0.3) is 0 Å². The standard InChI is InChI=1S/C11H15B2N/c1-3-4-9(2)10-5-7-11(8-6-10)14(12)13/h5-9H,3-4H2,1-2H3. The van der Waals surface area contributed by atoms with Gasteiger partial charge in [-0.25, -0.2) is 0 Å². The number of benzene rings is 1. The molecule has 0 aliphatic carbocycles. The van der Waals surface area contributed by atoms with Crippen molar-refractivity contribution in [2.45, 2.75) is 32.6 Å². The van der Waals surface area contributed by atoms with Gasteiger partial charge in [0.1, 0.15) is 0 Å². The first kappa shape index (κ1) is 11.2. The highest BCUT2D eigenvalue weighted by atomic mass is 14.9. The zero-order valence-corrected chi connectivity index (χ0v) is 8.90. The minimum absolute atomic E-state index is 0.609. The van der Waals surface area contributed by atoms with Gasteiger partial charge in [0.05, 0.1) is 0 Å². The molecule has 0 N–H and O–H groups in total. The van der Waals surface area contributed by atoms with E-state index in [2.05, 4.69) is 26.0 Å². The Labute approximate surface area is 89.4 Å². The van der Waals surface area contributed by atoms with Crippen molar-refractivity contribution in [1.29, 1.82) is 0 Å². The van der Waals surface area contributed by atoms with Crippen molar-refractivity contribution >= 4 is 21.6 Å². The van der Waals surface area contributed by atoms with Gasteiger partial charge in [-0.2, -0.15) is 0 Å². The van der Waals surface area contributed by atoms with Crippen LogP contribution in [0, 0.1) is 0 Å². The quantitative estimate of drug-likeness (QED) is 0.648. The van der Waals surface area contributed by atoms with Gasteiger partial charge in [-0.1, -0.05) is 32.4 Å². The number of rotatable bonds is 4. The predicted molar refractivity (Wildman–Crippen MR) is 63.8 cm³/mol. The summed E-state index contributed by atoms with van der Waals surface area (Å²) in [5.74, 6) is 0.609. The van der Waals surface area contributed by atoms with Crippen LogP contribution >= 0.6 is 0 Å². The highest BCUT2D eigenvalue weighted by molar-refractivity contribution is 6.41. The Morgan fingerprint density at radius 2 is 1.79 bits per heavy atom. The van der Waals surface area contributed by atoms with Gasteiger partial charge >= 0.3 is 0 Å². The van der Waals surface area contributed by atoms with Gasteiger partial charge < -0.3 is 4.72 Å². The zero-order valence-electron chi connectivity index (χ0n) is 8.90. The molecule has 1 nitrogen and oxygen atoms in total. The zero-order chi connectivity index (χ0) is 10.6. The summed E-state index contributed by atoms with van der Waals surface area (Å²) < 4.78 is 1.13. The number of anilines is 1. The van der Waals surface area contributed by atoms with Crippen molar-refractivity contribution in [3.05, 3.63) is 29.8 Å². The molecule has 4 radical (unpaired) electrons. The Kier molecular flexibility index (Phi) is 4.12. The topological polar surface area (TPSA) is 3.24 Å². The summed E-state index contributed by atoms with van der Waals surface area (Å²) in [5.41, 5.74) is 2.18.